The summed E-state index contributed by atoms with van der Waals surface area (Å²) in [5.74, 6) is -0.833. The minimum atomic E-state index is -0.833. The maximum Gasteiger partial charge on any atom is 0.300 e. The fourth-order valence-corrected chi connectivity index (χ4v) is 3.31. The lowest BCUT2D eigenvalue weighted by Crippen LogP contribution is -2.16. The molecule has 0 spiro atoms. The molecule has 0 fully saturated rings. The molecule has 0 aromatic rings. The van der Waals surface area contributed by atoms with E-state index in [0.29, 0.717) is 5.41 Å². The summed E-state index contributed by atoms with van der Waals surface area (Å²) in [4.78, 5) is 9.00. The third-order valence-corrected chi connectivity index (χ3v) is 4.90. The predicted molar refractivity (Wildman–Crippen MR) is 108 cm³/mol. The maximum absolute atomic E-state index is 9.00. The first-order valence-corrected chi connectivity index (χ1v) is 10.6. The largest absolute Gasteiger partial charge is 0.481 e. The summed E-state index contributed by atoms with van der Waals surface area (Å²) in [6.07, 6.45) is 21.6. The van der Waals surface area contributed by atoms with Crippen molar-refractivity contribution < 1.29 is 9.90 Å². The lowest BCUT2D eigenvalue weighted by atomic mass is 9.76. The number of hydrogen-bond acceptors (Lipinski definition) is 1. The Morgan fingerprint density at radius 1 is 0.667 bits per heavy atom. The molecule has 0 heterocycles. The molecule has 0 aromatic heterocycles. The zero-order valence-electron chi connectivity index (χ0n) is 17.5. The smallest absolute Gasteiger partial charge is 0.300 e. The molecule has 0 atom stereocenters. The molecule has 0 aliphatic carbocycles. The Balaban J connectivity index is 0. The number of carboxylic acids is 1. The summed E-state index contributed by atoms with van der Waals surface area (Å²) in [6.45, 7) is 10.6. The van der Waals surface area contributed by atoms with Gasteiger partial charge in [0.05, 0.1) is 0 Å². The van der Waals surface area contributed by atoms with Crippen LogP contribution < -0.4 is 0 Å². The quantitative estimate of drug-likeness (QED) is 0.306. The van der Waals surface area contributed by atoms with E-state index in [2.05, 4.69) is 27.7 Å². The van der Waals surface area contributed by atoms with Crippen LogP contribution in [0.4, 0.5) is 0 Å². The van der Waals surface area contributed by atoms with Gasteiger partial charge in [0.1, 0.15) is 0 Å². The van der Waals surface area contributed by atoms with Crippen LogP contribution in [0.5, 0.6) is 0 Å². The van der Waals surface area contributed by atoms with Crippen LogP contribution in [-0.4, -0.2) is 11.1 Å². The van der Waals surface area contributed by atoms with Crippen molar-refractivity contribution in [3.8, 4) is 0 Å². The third kappa shape index (κ3) is 21.5. The Morgan fingerprint density at radius 2 is 0.917 bits per heavy atom. The summed E-state index contributed by atoms with van der Waals surface area (Å²) in [5, 5.41) is 7.42. The van der Waals surface area contributed by atoms with Crippen molar-refractivity contribution in [1.29, 1.82) is 0 Å². The fraction of sp³-hybridized carbons (Fsp3) is 0.955. The van der Waals surface area contributed by atoms with Crippen molar-refractivity contribution in [2.24, 2.45) is 5.41 Å². The van der Waals surface area contributed by atoms with Gasteiger partial charge in [0.2, 0.25) is 0 Å². The molecule has 146 valence electrons. The standard InChI is InChI=1S/C20H42.C2H4O2/c1-5-8-11-14-17-20(4,18-15-12-9-6-2)19-16-13-10-7-3;1-2(3)4/h5-19H2,1-4H3;1H3,(H,3,4). The van der Waals surface area contributed by atoms with E-state index in [9.17, 15) is 0 Å². The van der Waals surface area contributed by atoms with Gasteiger partial charge in [-0.3, -0.25) is 4.79 Å². The molecule has 0 aliphatic rings. The van der Waals surface area contributed by atoms with Crippen molar-refractivity contribution in [2.75, 3.05) is 0 Å². The number of unbranched alkanes of at least 4 members (excludes halogenated alkanes) is 9. The number of aliphatic carboxylic acids is 1. The van der Waals surface area contributed by atoms with Crippen LogP contribution in [0, 0.1) is 5.41 Å². The van der Waals surface area contributed by atoms with Gasteiger partial charge in [-0.1, -0.05) is 105 Å². The zero-order chi connectivity index (χ0) is 18.7. The summed E-state index contributed by atoms with van der Waals surface area (Å²) in [7, 11) is 0. The highest BCUT2D eigenvalue weighted by Gasteiger charge is 2.22. The summed E-state index contributed by atoms with van der Waals surface area (Å²) in [6, 6.07) is 0. The Morgan fingerprint density at radius 3 is 1.12 bits per heavy atom. The zero-order valence-corrected chi connectivity index (χ0v) is 17.5. The van der Waals surface area contributed by atoms with E-state index < -0.39 is 5.97 Å². The topological polar surface area (TPSA) is 37.3 Å². The van der Waals surface area contributed by atoms with Crippen molar-refractivity contribution in [3.05, 3.63) is 0 Å². The van der Waals surface area contributed by atoms with E-state index in [-0.39, 0.29) is 0 Å². The van der Waals surface area contributed by atoms with Crippen LogP contribution >= 0.6 is 0 Å². The number of carboxylic acid groups (broad SMARTS) is 1. The molecule has 0 radical (unpaired) electrons. The lowest BCUT2D eigenvalue weighted by molar-refractivity contribution is -0.134. The van der Waals surface area contributed by atoms with Crippen LogP contribution in [0.1, 0.15) is 131 Å². The monoisotopic (exact) mass is 342 g/mol. The summed E-state index contributed by atoms with van der Waals surface area (Å²) >= 11 is 0. The van der Waals surface area contributed by atoms with Gasteiger partial charge in [0.25, 0.3) is 5.97 Å². The molecular formula is C22H46O2. The first-order valence-electron chi connectivity index (χ1n) is 10.6. The molecule has 0 amide bonds. The van der Waals surface area contributed by atoms with Gasteiger partial charge < -0.3 is 5.11 Å². The minimum Gasteiger partial charge on any atom is -0.481 e. The van der Waals surface area contributed by atoms with Crippen LogP contribution in [0.2, 0.25) is 0 Å². The first-order chi connectivity index (χ1) is 11.4. The minimum absolute atomic E-state index is 0.648. The highest BCUT2D eigenvalue weighted by Crippen LogP contribution is 2.36. The van der Waals surface area contributed by atoms with E-state index in [1.54, 1.807) is 0 Å². The van der Waals surface area contributed by atoms with Gasteiger partial charge in [-0.25, -0.2) is 0 Å². The molecule has 0 bridgehead atoms. The number of rotatable bonds is 15. The van der Waals surface area contributed by atoms with Gasteiger partial charge >= 0.3 is 0 Å². The molecule has 0 unspecified atom stereocenters. The average Bonchev–Trinajstić information content (AvgIpc) is 2.52. The lowest BCUT2D eigenvalue weighted by Gasteiger charge is -2.30. The second-order valence-electron chi connectivity index (χ2n) is 7.76. The molecule has 0 saturated heterocycles. The van der Waals surface area contributed by atoms with E-state index in [4.69, 9.17) is 9.90 Å². The summed E-state index contributed by atoms with van der Waals surface area (Å²) < 4.78 is 0. The maximum atomic E-state index is 9.00. The SMILES string of the molecule is CC(=O)O.CCCCCCC(C)(CCCCCC)CCCCCC. The van der Waals surface area contributed by atoms with Crippen LogP contribution in [-0.2, 0) is 4.79 Å². The van der Waals surface area contributed by atoms with Crippen molar-refractivity contribution in [3.63, 3.8) is 0 Å². The van der Waals surface area contributed by atoms with E-state index in [1.165, 1.54) is 96.3 Å². The van der Waals surface area contributed by atoms with Crippen LogP contribution in [0.15, 0.2) is 0 Å². The first kappa shape index (κ1) is 25.7. The van der Waals surface area contributed by atoms with Crippen molar-refractivity contribution in [1.82, 2.24) is 0 Å². The average molecular weight is 343 g/mol. The molecule has 0 rings (SSSR count). The molecule has 0 saturated carbocycles. The van der Waals surface area contributed by atoms with Crippen LogP contribution in [0.3, 0.4) is 0 Å². The van der Waals surface area contributed by atoms with Crippen LogP contribution in [0.25, 0.3) is 0 Å². The Labute approximate surface area is 152 Å². The molecule has 2 heteroatoms. The highest BCUT2D eigenvalue weighted by atomic mass is 16.4. The number of carbonyl (C=O) groups is 1. The van der Waals surface area contributed by atoms with Gasteiger partial charge in [-0.2, -0.15) is 0 Å². The molecular weight excluding hydrogens is 296 g/mol. The molecule has 1 N–H and O–H groups in total. The molecule has 0 aromatic carbocycles. The molecule has 24 heavy (non-hydrogen) atoms. The normalized spacial score (nSPS) is 11.0. The number of hydrogen-bond donors (Lipinski definition) is 1. The second-order valence-corrected chi connectivity index (χ2v) is 7.76. The van der Waals surface area contributed by atoms with E-state index >= 15 is 0 Å². The Kier molecular flexibility index (Phi) is 20.1. The summed E-state index contributed by atoms with van der Waals surface area (Å²) in [5.41, 5.74) is 0.648. The Hall–Kier alpha value is -0.530. The van der Waals surface area contributed by atoms with Crippen molar-refractivity contribution in [2.45, 2.75) is 131 Å². The molecule has 0 aliphatic heterocycles. The van der Waals surface area contributed by atoms with Crippen molar-refractivity contribution >= 4 is 5.97 Å². The fourth-order valence-electron chi connectivity index (χ4n) is 3.31. The third-order valence-electron chi connectivity index (χ3n) is 4.90. The van der Waals surface area contributed by atoms with Gasteiger partial charge in [-0.15, -0.1) is 0 Å². The predicted octanol–water partition coefficient (Wildman–Crippen LogP) is 7.99. The Bertz CT molecular complexity index is 225. The van der Waals surface area contributed by atoms with Gasteiger partial charge in [-0.05, 0) is 24.7 Å². The highest BCUT2D eigenvalue weighted by molar-refractivity contribution is 5.62. The van der Waals surface area contributed by atoms with E-state index in [0.717, 1.165) is 6.92 Å². The van der Waals surface area contributed by atoms with E-state index in [1.807, 2.05) is 0 Å². The second kappa shape index (κ2) is 18.8. The van der Waals surface area contributed by atoms with Gasteiger partial charge in [0, 0.05) is 6.92 Å². The van der Waals surface area contributed by atoms with Gasteiger partial charge in [0.15, 0.2) is 0 Å². The molecule has 2 nitrogen and oxygen atoms in total.